The van der Waals surface area contributed by atoms with E-state index in [-0.39, 0.29) is 18.1 Å². The van der Waals surface area contributed by atoms with Crippen molar-refractivity contribution in [1.82, 2.24) is 4.98 Å². The summed E-state index contributed by atoms with van der Waals surface area (Å²) in [7, 11) is 0. The molecule has 1 N–H and O–H groups in total. The molecule has 2 aromatic heterocycles. The molecule has 4 aromatic rings. The third kappa shape index (κ3) is 6.01. The number of hydrogen-bond acceptors (Lipinski definition) is 6. The van der Waals surface area contributed by atoms with E-state index in [2.05, 4.69) is 15.0 Å². The first kappa shape index (κ1) is 23.0. The lowest BCUT2D eigenvalue weighted by Crippen LogP contribution is -2.10. The highest BCUT2D eigenvalue weighted by Gasteiger charge is 2.15. The number of carbonyl (C=O) groups excluding carboxylic acids is 1. The van der Waals surface area contributed by atoms with E-state index in [0.29, 0.717) is 37.9 Å². The van der Waals surface area contributed by atoms with Gasteiger partial charge in [0.2, 0.25) is 0 Å². The van der Waals surface area contributed by atoms with Crippen LogP contribution in [0, 0.1) is 0 Å². The van der Waals surface area contributed by atoms with Crippen LogP contribution in [0.2, 0.25) is 10.0 Å². The standard InChI is InChI=1S/C22H14Cl2F2N2O4S/c23-13-3-7-18(16(24)9-13)30-10-15-6-8-19(31-15)20(29)28-22-27-17(11-33-22)12-1-4-14(5-2-12)32-21(25)26/h1-9,11,21H,10H2,(H,27,28,29). The summed E-state index contributed by atoms with van der Waals surface area (Å²) < 4.78 is 40.0. The van der Waals surface area contributed by atoms with Crippen molar-refractivity contribution < 1.29 is 27.5 Å². The molecule has 1 amide bonds. The van der Waals surface area contributed by atoms with E-state index in [1.807, 2.05) is 0 Å². The summed E-state index contributed by atoms with van der Waals surface area (Å²) in [5.74, 6) is 0.520. The number of furan rings is 1. The topological polar surface area (TPSA) is 73.6 Å². The summed E-state index contributed by atoms with van der Waals surface area (Å²) in [6, 6.07) is 14.0. The number of hydrogen-bond donors (Lipinski definition) is 1. The third-order valence-electron chi connectivity index (χ3n) is 4.25. The van der Waals surface area contributed by atoms with Gasteiger partial charge < -0.3 is 13.9 Å². The number of thiazole rings is 1. The minimum atomic E-state index is -2.89. The highest BCUT2D eigenvalue weighted by atomic mass is 35.5. The van der Waals surface area contributed by atoms with Crippen LogP contribution in [-0.2, 0) is 6.61 Å². The summed E-state index contributed by atoms with van der Waals surface area (Å²) in [6.07, 6.45) is 0. The quantitative estimate of drug-likeness (QED) is 0.272. The van der Waals surface area contributed by atoms with Crippen LogP contribution >= 0.6 is 34.5 Å². The fraction of sp³-hybridized carbons (Fsp3) is 0.0909. The molecule has 33 heavy (non-hydrogen) atoms. The van der Waals surface area contributed by atoms with Crippen LogP contribution in [0.15, 0.2) is 64.4 Å². The molecule has 0 fully saturated rings. The monoisotopic (exact) mass is 510 g/mol. The number of aromatic nitrogens is 1. The van der Waals surface area contributed by atoms with Crippen LogP contribution in [0.4, 0.5) is 13.9 Å². The minimum absolute atomic E-state index is 0.0495. The number of nitrogens with one attached hydrogen (secondary N) is 1. The second-order valence-electron chi connectivity index (χ2n) is 6.52. The van der Waals surface area contributed by atoms with E-state index in [1.54, 1.807) is 41.8 Å². The van der Waals surface area contributed by atoms with E-state index < -0.39 is 12.5 Å². The Kier molecular flexibility index (Phi) is 7.12. The SMILES string of the molecule is O=C(Nc1nc(-c2ccc(OC(F)F)cc2)cs1)c1ccc(COc2ccc(Cl)cc2Cl)o1. The summed E-state index contributed by atoms with van der Waals surface area (Å²) in [5.41, 5.74) is 1.26. The van der Waals surface area contributed by atoms with Crippen molar-refractivity contribution in [2.75, 3.05) is 5.32 Å². The van der Waals surface area contributed by atoms with E-state index in [9.17, 15) is 13.6 Å². The highest BCUT2D eigenvalue weighted by Crippen LogP contribution is 2.29. The van der Waals surface area contributed by atoms with Crippen molar-refractivity contribution in [2.24, 2.45) is 0 Å². The number of nitrogens with zero attached hydrogens (tertiary/aromatic N) is 1. The lowest BCUT2D eigenvalue weighted by atomic mass is 10.2. The molecule has 0 aliphatic heterocycles. The number of halogens is 4. The van der Waals surface area contributed by atoms with Crippen LogP contribution in [0.3, 0.4) is 0 Å². The third-order valence-corrected chi connectivity index (χ3v) is 5.54. The molecular formula is C22H14Cl2F2N2O4S. The van der Waals surface area contributed by atoms with Gasteiger partial charge >= 0.3 is 6.61 Å². The Balaban J connectivity index is 1.35. The molecule has 0 spiro atoms. The molecule has 11 heteroatoms. The van der Waals surface area contributed by atoms with Gasteiger partial charge in [-0.05, 0) is 54.6 Å². The number of amides is 1. The predicted molar refractivity (Wildman–Crippen MR) is 122 cm³/mol. The molecule has 2 aromatic carbocycles. The lowest BCUT2D eigenvalue weighted by Gasteiger charge is -2.06. The first-order chi connectivity index (χ1) is 15.9. The Morgan fingerprint density at radius 2 is 1.91 bits per heavy atom. The first-order valence-electron chi connectivity index (χ1n) is 9.36. The largest absolute Gasteiger partial charge is 0.484 e. The van der Waals surface area contributed by atoms with Crippen molar-refractivity contribution in [3.8, 4) is 22.8 Å². The van der Waals surface area contributed by atoms with Gasteiger partial charge in [-0.2, -0.15) is 8.78 Å². The maximum absolute atomic E-state index is 12.5. The number of benzene rings is 2. The van der Waals surface area contributed by atoms with E-state index in [0.717, 1.165) is 0 Å². The molecule has 0 bridgehead atoms. The van der Waals surface area contributed by atoms with Gasteiger partial charge in [0.15, 0.2) is 10.9 Å². The number of rotatable bonds is 8. The van der Waals surface area contributed by atoms with Crippen LogP contribution in [0.5, 0.6) is 11.5 Å². The Hall–Kier alpha value is -3.14. The second kappa shape index (κ2) is 10.2. The van der Waals surface area contributed by atoms with E-state index in [1.165, 1.54) is 29.5 Å². The van der Waals surface area contributed by atoms with Crippen LogP contribution < -0.4 is 14.8 Å². The molecule has 0 aliphatic rings. The Labute approximate surface area is 200 Å². The zero-order valence-electron chi connectivity index (χ0n) is 16.6. The zero-order chi connectivity index (χ0) is 23.4. The molecule has 0 aliphatic carbocycles. The molecule has 0 saturated heterocycles. The van der Waals surface area contributed by atoms with Crippen molar-refractivity contribution in [2.45, 2.75) is 13.2 Å². The smallest absolute Gasteiger partial charge is 0.387 e. The van der Waals surface area contributed by atoms with E-state index >= 15 is 0 Å². The van der Waals surface area contributed by atoms with Crippen molar-refractivity contribution in [3.63, 3.8) is 0 Å². The maximum Gasteiger partial charge on any atom is 0.387 e. The van der Waals surface area contributed by atoms with Crippen LogP contribution in [0.25, 0.3) is 11.3 Å². The Morgan fingerprint density at radius 1 is 1.12 bits per heavy atom. The van der Waals surface area contributed by atoms with Gasteiger partial charge in [-0.3, -0.25) is 10.1 Å². The number of anilines is 1. The van der Waals surface area contributed by atoms with Gasteiger partial charge in [-0.1, -0.05) is 23.2 Å². The summed E-state index contributed by atoms with van der Waals surface area (Å²) in [4.78, 5) is 16.8. The Morgan fingerprint density at radius 3 is 2.64 bits per heavy atom. The van der Waals surface area contributed by atoms with Gasteiger partial charge in [0.1, 0.15) is 23.9 Å². The van der Waals surface area contributed by atoms with Crippen molar-refractivity contribution in [3.05, 3.63) is 81.5 Å². The van der Waals surface area contributed by atoms with Gasteiger partial charge in [0.25, 0.3) is 5.91 Å². The molecule has 0 atom stereocenters. The predicted octanol–water partition coefficient (Wildman–Crippen LogP) is 7.14. The minimum Gasteiger partial charge on any atom is -0.484 e. The molecular weight excluding hydrogens is 497 g/mol. The summed E-state index contributed by atoms with van der Waals surface area (Å²) >= 11 is 13.1. The van der Waals surface area contributed by atoms with Crippen LogP contribution in [-0.4, -0.2) is 17.5 Å². The molecule has 0 radical (unpaired) electrons. The van der Waals surface area contributed by atoms with Gasteiger partial charge in [-0.15, -0.1) is 11.3 Å². The molecule has 2 heterocycles. The van der Waals surface area contributed by atoms with Crippen molar-refractivity contribution >= 4 is 45.6 Å². The fourth-order valence-electron chi connectivity index (χ4n) is 2.75. The lowest BCUT2D eigenvalue weighted by molar-refractivity contribution is -0.0498. The van der Waals surface area contributed by atoms with Crippen LogP contribution in [0.1, 0.15) is 16.3 Å². The molecule has 170 valence electrons. The van der Waals surface area contributed by atoms with Crippen molar-refractivity contribution in [1.29, 1.82) is 0 Å². The molecule has 0 unspecified atom stereocenters. The molecule has 6 nitrogen and oxygen atoms in total. The highest BCUT2D eigenvalue weighted by molar-refractivity contribution is 7.14. The number of ether oxygens (including phenoxy) is 2. The number of alkyl halides is 2. The maximum atomic E-state index is 12.5. The number of carbonyl (C=O) groups is 1. The summed E-state index contributed by atoms with van der Waals surface area (Å²) in [6.45, 7) is -2.82. The van der Waals surface area contributed by atoms with Gasteiger partial charge in [0, 0.05) is 16.0 Å². The summed E-state index contributed by atoms with van der Waals surface area (Å²) in [5, 5.41) is 5.60. The normalized spacial score (nSPS) is 10.9. The van der Waals surface area contributed by atoms with Gasteiger partial charge in [-0.25, -0.2) is 4.98 Å². The zero-order valence-corrected chi connectivity index (χ0v) is 18.9. The second-order valence-corrected chi connectivity index (χ2v) is 8.23. The average Bonchev–Trinajstić information content (AvgIpc) is 3.43. The fourth-order valence-corrected chi connectivity index (χ4v) is 3.93. The van der Waals surface area contributed by atoms with Gasteiger partial charge in [0.05, 0.1) is 10.7 Å². The first-order valence-corrected chi connectivity index (χ1v) is 11.0. The molecule has 4 rings (SSSR count). The Bertz CT molecular complexity index is 1260. The average molecular weight is 511 g/mol. The molecule has 0 saturated carbocycles. The van der Waals surface area contributed by atoms with E-state index in [4.69, 9.17) is 32.4 Å².